The minimum Gasteiger partial charge on any atom is -0.294 e. The summed E-state index contributed by atoms with van der Waals surface area (Å²) in [5.41, 5.74) is 0.0943. The molecule has 0 aliphatic rings. The Morgan fingerprint density at radius 2 is 2.09 bits per heavy atom. The molecule has 0 spiro atoms. The maximum Gasteiger partial charge on any atom is 0.270 e. The van der Waals surface area contributed by atoms with Gasteiger partial charge in [0.05, 0.1) is 20.4 Å². The molecule has 0 amide bonds. The van der Waals surface area contributed by atoms with E-state index in [1.54, 1.807) is 6.92 Å². The van der Waals surface area contributed by atoms with Crippen LogP contribution in [0.1, 0.15) is 22.3 Å². The summed E-state index contributed by atoms with van der Waals surface area (Å²) in [4.78, 5) is 25.5. The summed E-state index contributed by atoms with van der Waals surface area (Å²) < 4.78 is 26.7. The summed E-state index contributed by atoms with van der Waals surface area (Å²) in [7, 11) is -4.02. The third kappa shape index (κ3) is 3.28. The molecule has 2 aromatic rings. The number of aryl methyl sites for hydroxylation is 1. The highest BCUT2D eigenvalue weighted by Gasteiger charge is 2.20. The molecule has 1 heterocycles. The van der Waals surface area contributed by atoms with Crippen LogP contribution in [0.25, 0.3) is 0 Å². The largest absolute Gasteiger partial charge is 0.294 e. The summed E-state index contributed by atoms with van der Waals surface area (Å²) in [6.07, 6.45) is 0. The van der Waals surface area contributed by atoms with Crippen LogP contribution in [0.3, 0.4) is 0 Å². The fourth-order valence-electron chi connectivity index (χ4n) is 1.70. The van der Waals surface area contributed by atoms with Gasteiger partial charge >= 0.3 is 0 Å². The van der Waals surface area contributed by atoms with Gasteiger partial charge in [-0.15, -0.1) is 0 Å². The van der Waals surface area contributed by atoms with E-state index in [4.69, 9.17) is 0 Å². The first kappa shape index (κ1) is 16.0. The van der Waals surface area contributed by atoms with Gasteiger partial charge < -0.3 is 0 Å². The van der Waals surface area contributed by atoms with Crippen LogP contribution in [0.5, 0.6) is 0 Å². The van der Waals surface area contributed by atoms with Crippen molar-refractivity contribution >= 4 is 38.0 Å². The molecular weight excluding hydrogens is 330 g/mol. The number of non-ortho nitro benzene ring substituents is 1. The predicted molar refractivity (Wildman–Crippen MR) is 80.8 cm³/mol. The van der Waals surface area contributed by atoms with E-state index in [1.807, 2.05) is 0 Å². The second-order valence-electron chi connectivity index (χ2n) is 4.35. The monoisotopic (exact) mass is 341 g/mol. The minimum atomic E-state index is -4.02. The van der Waals surface area contributed by atoms with Crippen LogP contribution in [0.2, 0.25) is 0 Å². The van der Waals surface area contributed by atoms with Gasteiger partial charge in [0.2, 0.25) is 0 Å². The molecule has 2 rings (SSSR count). The van der Waals surface area contributed by atoms with Crippen LogP contribution in [0.4, 0.5) is 10.8 Å². The number of hydrogen-bond acceptors (Lipinski definition) is 7. The molecule has 0 saturated carbocycles. The number of nitro groups is 1. The molecule has 0 aliphatic carbocycles. The lowest BCUT2D eigenvalue weighted by atomic mass is 10.3. The number of nitrogens with zero attached hydrogens (tertiary/aromatic N) is 2. The maximum atomic E-state index is 12.2. The van der Waals surface area contributed by atoms with Crippen molar-refractivity contribution in [2.75, 3.05) is 4.72 Å². The Morgan fingerprint density at radius 1 is 1.41 bits per heavy atom. The number of ketones is 1. The molecule has 0 bridgehead atoms. The lowest BCUT2D eigenvalue weighted by molar-refractivity contribution is -0.385. The molecular formula is C12H11N3O5S2. The van der Waals surface area contributed by atoms with Crippen LogP contribution < -0.4 is 4.72 Å². The number of thiazole rings is 1. The van der Waals surface area contributed by atoms with Gasteiger partial charge in [0.1, 0.15) is 0 Å². The van der Waals surface area contributed by atoms with Crippen LogP contribution in [-0.2, 0) is 10.0 Å². The van der Waals surface area contributed by atoms with Gasteiger partial charge in [0.25, 0.3) is 15.7 Å². The second kappa shape index (κ2) is 5.81. The molecule has 8 nitrogen and oxygen atoms in total. The van der Waals surface area contributed by atoms with E-state index >= 15 is 0 Å². The Hall–Kier alpha value is -2.33. The first-order valence-electron chi connectivity index (χ1n) is 5.96. The zero-order chi connectivity index (χ0) is 16.5. The van der Waals surface area contributed by atoms with Gasteiger partial charge in [-0.2, -0.15) is 0 Å². The lowest BCUT2D eigenvalue weighted by Crippen LogP contribution is -2.13. The molecule has 0 radical (unpaired) electrons. The predicted octanol–water partition coefficient (Wildman–Crippen LogP) is 2.36. The normalized spacial score (nSPS) is 11.2. The van der Waals surface area contributed by atoms with Crippen molar-refractivity contribution in [2.45, 2.75) is 18.7 Å². The van der Waals surface area contributed by atoms with Crippen molar-refractivity contribution in [3.05, 3.63) is 45.0 Å². The standard InChI is InChI=1S/C12H11N3O5S2/c1-7-11(8(2)16)21-12(13-7)14-22(19,20)10-5-3-4-9(6-10)15(17)18/h3-6H,1-2H3,(H,13,14). The highest BCUT2D eigenvalue weighted by Crippen LogP contribution is 2.26. The number of rotatable bonds is 5. The summed E-state index contributed by atoms with van der Waals surface area (Å²) in [6.45, 7) is 2.96. The first-order valence-corrected chi connectivity index (χ1v) is 8.26. The number of aromatic nitrogens is 1. The fraction of sp³-hybridized carbons (Fsp3) is 0.167. The number of anilines is 1. The Bertz CT molecular complexity index is 857. The molecule has 0 fully saturated rings. The number of nitrogens with one attached hydrogen (secondary N) is 1. The van der Waals surface area contributed by atoms with Crippen molar-refractivity contribution in [2.24, 2.45) is 0 Å². The van der Waals surface area contributed by atoms with E-state index in [9.17, 15) is 23.3 Å². The quantitative estimate of drug-likeness (QED) is 0.506. The van der Waals surface area contributed by atoms with Gasteiger partial charge in [-0.05, 0) is 13.0 Å². The van der Waals surface area contributed by atoms with Crippen LogP contribution in [0.15, 0.2) is 29.2 Å². The average Bonchev–Trinajstić information content (AvgIpc) is 2.79. The van der Waals surface area contributed by atoms with Gasteiger partial charge in [-0.1, -0.05) is 17.4 Å². The molecule has 1 aromatic heterocycles. The summed E-state index contributed by atoms with van der Waals surface area (Å²) in [5.74, 6) is -0.212. The second-order valence-corrected chi connectivity index (χ2v) is 7.03. The Kier molecular flexibility index (Phi) is 4.24. The van der Waals surface area contributed by atoms with Crippen molar-refractivity contribution in [3.8, 4) is 0 Å². The SMILES string of the molecule is CC(=O)c1sc(NS(=O)(=O)c2cccc([N+](=O)[O-])c2)nc1C. The number of carbonyl (C=O) groups excluding carboxylic acids is 1. The molecule has 116 valence electrons. The van der Waals surface area contributed by atoms with Gasteiger partial charge in [-0.3, -0.25) is 19.6 Å². The molecule has 0 atom stereocenters. The minimum absolute atomic E-state index is 0.0363. The molecule has 0 aliphatic heterocycles. The zero-order valence-electron chi connectivity index (χ0n) is 11.6. The smallest absolute Gasteiger partial charge is 0.270 e. The summed E-state index contributed by atoms with van der Waals surface area (Å²) >= 11 is 0.915. The fourth-order valence-corrected chi connectivity index (χ4v) is 3.84. The molecule has 0 unspecified atom stereocenters. The van der Waals surface area contributed by atoms with Crippen molar-refractivity contribution in [1.82, 2.24) is 4.98 Å². The van der Waals surface area contributed by atoms with E-state index in [2.05, 4.69) is 9.71 Å². The van der Waals surface area contributed by atoms with Crippen LogP contribution >= 0.6 is 11.3 Å². The summed E-state index contributed by atoms with van der Waals surface area (Å²) in [6, 6.07) is 4.66. The molecule has 1 N–H and O–H groups in total. The van der Waals surface area contributed by atoms with Crippen molar-refractivity contribution < 1.29 is 18.1 Å². The van der Waals surface area contributed by atoms with Gasteiger partial charge in [-0.25, -0.2) is 13.4 Å². The van der Waals surface area contributed by atoms with E-state index in [-0.39, 0.29) is 21.5 Å². The van der Waals surface area contributed by atoms with E-state index in [0.717, 1.165) is 17.4 Å². The molecule has 1 aromatic carbocycles. The van der Waals surface area contributed by atoms with Gasteiger partial charge in [0.15, 0.2) is 10.9 Å². The highest BCUT2D eigenvalue weighted by atomic mass is 32.2. The third-order valence-electron chi connectivity index (χ3n) is 2.68. The molecule has 10 heteroatoms. The van der Waals surface area contributed by atoms with Crippen LogP contribution in [-0.4, -0.2) is 24.1 Å². The van der Waals surface area contributed by atoms with Gasteiger partial charge in [0, 0.05) is 19.1 Å². The Balaban J connectivity index is 2.36. The number of sulfonamides is 1. The lowest BCUT2D eigenvalue weighted by Gasteiger charge is -2.04. The zero-order valence-corrected chi connectivity index (χ0v) is 13.2. The number of carbonyl (C=O) groups is 1. The Labute approximate surface area is 130 Å². The van der Waals surface area contributed by atoms with Crippen molar-refractivity contribution in [3.63, 3.8) is 0 Å². The van der Waals surface area contributed by atoms with E-state index < -0.39 is 14.9 Å². The third-order valence-corrected chi connectivity index (χ3v) is 5.32. The average molecular weight is 341 g/mol. The first-order chi connectivity index (χ1) is 10.2. The van der Waals surface area contributed by atoms with E-state index in [0.29, 0.717) is 10.6 Å². The maximum absolute atomic E-state index is 12.2. The van der Waals surface area contributed by atoms with E-state index in [1.165, 1.54) is 25.1 Å². The number of Topliss-reactive ketones (excluding diaryl/α,β-unsaturated/α-hetero) is 1. The van der Waals surface area contributed by atoms with Crippen LogP contribution in [0, 0.1) is 17.0 Å². The topological polar surface area (TPSA) is 119 Å². The highest BCUT2D eigenvalue weighted by molar-refractivity contribution is 7.93. The molecule has 0 saturated heterocycles. The van der Waals surface area contributed by atoms with Crippen molar-refractivity contribution in [1.29, 1.82) is 0 Å². The number of hydrogen-bond donors (Lipinski definition) is 1. The molecule has 22 heavy (non-hydrogen) atoms. The number of benzene rings is 1. The summed E-state index contributed by atoms with van der Waals surface area (Å²) in [5, 5.41) is 10.7. The number of nitro benzene ring substituents is 1. The Morgan fingerprint density at radius 3 is 2.64 bits per heavy atom.